The summed E-state index contributed by atoms with van der Waals surface area (Å²) in [5, 5.41) is 3.40. The molecular weight excluding hydrogens is 328 g/mol. The van der Waals surface area contributed by atoms with Crippen molar-refractivity contribution in [3.8, 4) is 0 Å². The van der Waals surface area contributed by atoms with Crippen LogP contribution in [0.4, 0.5) is 8.78 Å². The molecule has 0 aromatic heterocycles. The highest BCUT2D eigenvalue weighted by Crippen LogP contribution is 2.10. The number of hydrogen-bond acceptors (Lipinski definition) is 1. The smallest absolute Gasteiger partial charge is 0.251 e. The van der Waals surface area contributed by atoms with Gasteiger partial charge in [-0.2, -0.15) is 0 Å². The van der Waals surface area contributed by atoms with Gasteiger partial charge in [-0.3, -0.25) is 4.79 Å². The van der Waals surface area contributed by atoms with E-state index >= 15 is 0 Å². The summed E-state index contributed by atoms with van der Waals surface area (Å²) >= 11 is 3.36. The Labute approximate surface area is 123 Å². The first-order valence-corrected chi connectivity index (χ1v) is 7.09. The SMILES string of the molecule is O=C(NCc1cccc(CBr)c1)c1ccc(F)c(F)c1. The second-order valence-electron chi connectivity index (χ2n) is 4.27. The molecule has 0 fully saturated rings. The Morgan fingerprint density at radius 2 is 1.80 bits per heavy atom. The van der Waals surface area contributed by atoms with Crippen molar-refractivity contribution in [2.75, 3.05) is 0 Å². The van der Waals surface area contributed by atoms with Crippen LogP contribution in [0.25, 0.3) is 0 Å². The molecule has 0 saturated carbocycles. The van der Waals surface area contributed by atoms with Gasteiger partial charge in [-0.05, 0) is 29.3 Å². The van der Waals surface area contributed by atoms with Crippen LogP contribution in [0.15, 0.2) is 42.5 Å². The second-order valence-corrected chi connectivity index (χ2v) is 4.83. The maximum absolute atomic E-state index is 13.0. The Kier molecular flexibility index (Phi) is 4.84. The van der Waals surface area contributed by atoms with Gasteiger partial charge in [0.1, 0.15) is 0 Å². The molecule has 0 aliphatic heterocycles. The van der Waals surface area contributed by atoms with Crippen LogP contribution in [0.3, 0.4) is 0 Å². The van der Waals surface area contributed by atoms with Gasteiger partial charge in [-0.1, -0.05) is 40.2 Å². The molecule has 2 rings (SSSR count). The summed E-state index contributed by atoms with van der Waals surface area (Å²) in [7, 11) is 0. The molecule has 2 aromatic rings. The van der Waals surface area contributed by atoms with Crippen molar-refractivity contribution in [2.45, 2.75) is 11.9 Å². The Hall–Kier alpha value is -1.75. The van der Waals surface area contributed by atoms with Gasteiger partial charge in [0.2, 0.25) is 0 Å². The van der Waals surface area contributed by atoms with E-state index < -0.39 is 17.5 Å². The van der Waals surface area contributed by atoms with Gasteiger partial charge in [-0.15, -0.1) is 0 Å². The predicted octanol–water partition coefficient (Wildman–Crippen LogP) is 3.79. The van der Waals surface area contributed by atoms with E-state index in [1.807, 2.05) is 24.3 Å². The summed E-state index contributed by atoms with van der Waals surface area (Å²) in [6, 6.07) is 10.8. The maximum Gasteiger partial charge on any atom is 0.251 e. The molecular formula is C15H12BrF2NO. The van der Waals surface area contributed by atoms with Crippen LogP contribution in [0.5, 0.6) is 0 Å². The molecule has 104 valence electrons. The minimum absolute atomic E-state index is 0.0977. The Morgan fingerprint density at radius 1 is 1.05 bits per heavy atom. The zero-order valence-electron chi connectivity index (χ0n) is 10.5. The summed E-state index contributed by atoms with van der Waals surface area (Å²) in [5.41, 5.74) is 2.14. The summed E-state index contributed by atoms with van der Waals surface area (Å²) in [6.45, 7) is 0.332. The van der Waals surface area contributed by atoms with E-state index in [9.17, 15) is 13.6 Å². The number of carbonyl (C=O) groups is 1. The van der Waals surface area contributed by atoms with Crippen molar-refractivity contribution in [3.05, 3.63) is 70.8 Å². The van der Waals surface area contributed by atoms with Gasteiger partial charge in [0.25, 0.3) is 5.91 Å². The third-order valence-electron chi connectivity index (χ3n) is 2.78. The fraction of sp³-hybridized carbons (Fsp3) is 0.133. The third-order valence-corrected chi connectivity index (χ3v) is 3.43. The van der Waals surface area contributed by atoms with Crippen molar-refractivity contribution in [3.63, 3.8) is 0 Å². The van der Waals surface area contributed by atoms with Crippen LogP contribution < -0.4 is 5.32 Å². The molecule has 0 radical (unpaired) electrons. The highest BCUT2D eigenvalue weighted by atomic mass is 79.9. The molecule has 0 bridgehead atoms. The lowest BCUT2D eigenvalue weighted by molar-refractivity contribution is 0.0950. The number of halogens is 3. The molecule has 0 aliphatic carbocycles. The molecule has 2 aromatic carbocycles. The summed E-state index contributed by atoms with van der Waals surface area (Å²) in [6.07, 6.45) is 0. The van der Waals surface area contributed by atoms with Crippen molar-refractivity contribution in [1.82, 2.24) is 5.32 Å². The zero-order valence-corrected chi connectivity index (χ0v) is 12.1. The third kappa shape index (κ3) is 3.63. The molecule has 0 unspecified atom stereocenters. The summed E-state index contributed by atoms with van der Waals surface area (Å²) < 4.78 is 25.8. The number of nitrogens with one attached hydrogen (secondary N) is 1. The van der Waals surface area contributed by atoms with Gasteiger partial charge in [0.15, 0.2) is 11.6 Å². The molecule has 1 N–H and O–H groups in total. The predicted molar refractivity (Wildman–Crippen MR) is 76.6 cm³/mol. The van der Waals surface area contributed by atoms with Gasteiger partial charge in [-0.25, -0.2) is 8.78 Å². The summed E-state index contributed by atoms with van der Waals surface area (Å²) in [5.74, 6) is -2.43. The van der Waals surface area contributed by atoms with Gasteiger partial charge < -0.3 is 5.32 Å². The van der Waals surface area contributed by atoms with E-state index in [2.05, 4.69) is 21.2 Å². The quantitative estimate of drug-likeness (QED) is 0.843. The summed E-state index contributed by atoms with van der Waals surface area (Å²) in [4.78, 5) is 11.8. The van der Waals surface area contributed by atoms with Crippen LogP contribution in [0.1, 0.15) is 21.5 Å². The first-order chi connectivity index (χ1) is 9.60. The van der Waals surface area contributed by atoms with Crippen molar-refractivity contribution in [2.24, 2.45) is 0 Å². The van der Waals surface area contributed by atoms with Crippen LogP contribution >= 0.6 is 15.9 Å². The lowest BCUT2D eigenvalue weighted by Crippen LogP contribution is -2.23. The van der Waals surface area contributed by atoms with E-state index in [1.54, 1.807) is 0 Å². The van der Waals surface area contributed by atoms with Crippen LogP contribution in [-0.4, -0.2) is 5.91 Å². The first kappa shape index (κ1) is 14.7. The molecule has 0 heterocycles. The van der Waals surface area contributed by atoms with E-state index in [4.69, 9.17) is 0 Å². The average Bonchev–Trinajstić information content (AvgIpc) is 2.47. The minimum atomic E-state index is -1.03. The zero-order chi connectivity index (χ0) is 14.5. The first-order valence-electron chi connectivity index (χ1n) is 5.97. The Balaban J connectivity index is 2.02. The average molecular weight is 340 g/mol. The largest absolute Gasteiger partial charge is 0.348 e. The molecule has 20 heavy (non-hydrogen) atoms. The fourth-order valence-electron chi connectivity index (χ4n) is 1.74. The normalized spacial score (nSPS) is 10.3. The molecule has 2 nitrogen and oxygen atoms in total. The van der Waals surface area contributed by atoms with Crippen LogP contribution in [0, 0.1) is 11.6 Å². The Morgan fingerprint density at radius 3 is 2.50 bits per heavy atom. The molecule has 0 saturated heterocycles. The minimum Gasteiger partial charge on any atom is -0.348 e. The van der Waals surface area contributed by atoms with E-state index in [1.165, 1.54) is 6.07 Å². The van der Waals surface area contributed by atoms with Crippen LogP contribution in [0.2, 0.25) is 0 Å². The van der Waals surface area contributed by atoms with Gasteiger partial charge >= 0.3 is 0 Å². The topological polar surface area (TPSA) is 29.1 Å². The lowest BCUT2D eigenvalue weighted by atomic mass is 10.1. The highest BCUT2D eigenvalue weighted by Gasteiger charge is 2.09. The van der Waals surface area contributed by atoms with E-state index in [-0.39, 0.29) is 5.56 Å². The fourth-order valence-corrected chi connectivity index (χ4v) is 2.09. The van der Waals surface area contributed by atoms with E-state index in [0.29, 0.717) is 6.54 Å². The Bertz CT molecular complexity index is 631. The number of hydrogen-bond donors (Lipinski definition) is 1. The number of alkyl halides is 1. The molecule has 5 heteroatoms. The van der Waals surface area contributed by atoms with Crippen molar-refractivity contribution in [1.29, 1.82) is 0 Å². The second kappa shape index (κ2) is 6.61. The number of rotatable bonds is 4. The molecule has 0 spiro atoms. The highest BCUT2D eigenvalue weighted by molar-refractivity contribution is 9.08. The molecule has 0 aliphatic rings. The lowest BCUT2D eigenvalue weighted by Gasteiger charge is -2.07. The van der Waals surface area contributed by atoms with Crippen LogP contribution in [-0.2, 0) is 11.9 Å². The standard InChI is InChI=1S/C15H12BrF2NO/c16-8-10-2-1-3-11(6-10)9-19-15(20)12-4-5-13(17)14(18)7-12/h1-7H,8-9H2,(H,19,20). The van der Waals surface area contributed by atoms with E-state index in [0.717, 1.165) is 28.6 Å². The van der Waals surface area contributed by atoms with Crippen molar-refractivity contribution >= 4 is 21.8 Å². The number of benzene rings is 2. The van der Waals surface area contributed by atoms with Gasteiger partial charge in [0, 0.05) is 17.4 Å². The maximum atomic E-state index is 13.0. The number of amides is 1. The molecule has 0 atom stereocenters. The van der Waals surface area contributed by atoms with Gasteiger partial charge in [0.05, 0.1) is 0 Å². The number of carbonyl (C=O) groups excluding carboxylic acids is 1. The monoisotopic (exact) mass is 339 g/mol. The van der Waals surface area contributed by atoms with Crippen molar-refractivity contribution < 1.29 is 13.6 Å². The molecule has 1 amide bonds.